The van der Waals surface area contributed by atoms with Gasteiger partial charge in [-0.3, -0.25) is 4.79 Å². The van der Waals surface area contributed by atoms with E-state index >= 15 is 0 Å². The molecule has 1 aromatic rings. The first-order valence-corrected chi connectivity index (χ1v) is 6.74. The lowest BCUT2D eigenvalue weighted by molar-refractivity contribution is -0.129. The third-order valence-electron chi connectivity index (χ3n) is 3.26. The van der Waals surface area contributed by atoms with Crippen LogP contribution in [-0.2, 0) is 11.2 Å². The molecule has 102 valence electrons. The number of amides is 1. The van der Waals surface area contributed by atoms with E-state index in [1.807, 2.05) is 6.07 Å². The van der Waals surface area contributed by atoms with E-state index in [-0.39, 0.29) is 5.91 Å². The van der Waals surface area contributed by atoms with E-state index in [0.717, 1.165) is 6.42 Å². The highest BCUT2D eigenvalue weighted by Crippen LogP contribution is 2.15. The Balaban J connectivity index is 2.44. The summed E-state index contributed by atoms with van der Waals surface area (Å²) in [7, 11) is 1.79. The van der Waals surface area contributed by atoms with Gasteiger partial charge in [-0.25, -0.2) is 0 Å². The van der Waals surface area contributed by atoms with Crippen LogP contribution >= 0.6 is 0 Å². The number of likely N-dealkylation sites (N-methyl/N-ethyl adjacent to an activating group) is 1. The predicted molar refractivity (Wildman–Crippen MR) is 76.7 cm³/mol. The third-order valence-corrected chi connectivity index (χ3v) is 3.26. The highest BCUT2D eigenvalue weighted by atomic mass is 16.2. The Morgan fingerprint density at radius 3 is 2.47 bits per heavy atom. The highest BCUT2D eigenvalue weighted by molar-refractivity contribution is 5.76. The molecule has 0 saturated carbocycles. The molecule has 0 N–H and O–H groups in total. The molecule has 19 heavy (non-hydrogen) atoms. The van der Waals surface area contributed by atoms with Gasteiger partial charge in [0, 0.05) is 26.4 Å². The number of hydrogen-bond acceptors (Lipinski definition) is 2. The van der Waals surface area contributed by atoms with Gasteiger partial charge < -0.3 is 4.90 Å². The Labute approximate surface area is 115 Å². The van der Waals surface area contributed by atoms with Gasteiger partial charge in [-0.1, -0.05) is 38.1 Å². The minimum absolute atomic E-state index is 0.0420. The third kappa shape index (κ3) is 5.13. The van der Waals surface area contributed by atoms with Crippen molar-refractivity contribution in [1.29, 1.82) is 5.26 Å². The van der Waals surface area contributed by atoms with Gasteiger partial charge in [-0.15, -0.1) is 0 Å². The topological polar surface area (TPSA) is 44.1 Å². The number of benzene rings is 1. The van der Waals surface area contributed by atoms with Crippen molar-refractivity contribution in [3.8, 4) is 6.07 Å². The van der Waals surface area contributed by atoms with Crippen LogP contribution in [0.3, 0.4) is 0 Å². The summed E-state index contributed by atoms with van der Waals surface area (Å²) in [5.74, 6) is 0.588. The molecule has 0 spiro atoms. The van der Waals surface area contributed by atoms with E-state index in [1.165, 1.54) is 11.1 Å². The van der Waals surface area contributed by atoms with Crippen molar-refractivity contribution in [3.05, 3.63) is 35.4 Å². The lowest BCUT2D eigenvalue weighted by Gasteiger charge is -2.16. The molecule has 0 atom stereocenters. The highest BCUT2D eigenvalue weighted by Gasteiger charge is 2.08. The van der Waals surface area contributed by atoms with Crippen LogP contribution < -0.4 is 0 Å². The molecule has 0 aliphatic heterocycles. The molecule has 0 unspecified atom stereocenters. The summed E-state index contributed by atoms with van der Waals surface area (Å²) in [6.45, 7) is 5.05. The van der Waals surface area contributed by atoms with Gasteiger partial charge in [0.1, 0.15) is 0 Å². The summed E-state index contributed by atoms with van der Waals surface area (Å²) >= 11 is 0. The van der Waals surface area contributed by atoms with Crippen LogP contribution in [0.5, 0.6) is 0 Å². The molecule has 0 heterocycles. The van der Waals surface area contributed by atoms with Crippen LogP contribution in [0.4, 0.5) is 0 Å². The second-order valence-corrected chi connectivity index (χ2v) is 5.12. The van der Waals surface area contributed by atoms with Crippen LogP contribution in [0.15, 0.2) is 24.3 Å². The Kier molecular flexibility index (Phi) is 6.08. The van der Waals surface area contributed by atoms with Gasteiger partial charge in [0.05, 0.1) is 6.07 Å². The maximum atomic E-state index is 11.6. The van der Waals surface area contributed by atoms with Crippen LogP contribution in [0.2, 0.25) is 0 Å². The molecule has 0 aromatic heterocycles. The molecule has 0 radical (unpaired) electrons. The van der Waals surface area contributed by atoms with Crippen LogP contribution in [0.25, 0.3) is 0 Å². The van der Waals surface area contributed by atoms with Gasteiger partial charge in [0.2, 0.25) is 5.91 Å². The molecule has 1 amide bonds. The Morgan fingerprint density at radius 2 is 1.95 bits per heavy atom. The molecular weight excluding hydrogens is 236 g/mol. The smallest absolute Gasteiger partial charge is 0.223 e. The van der Waals surface area contributed by atoms with E-state index in [4.69, 9.17) is 5.26 Å². The van der Waals surface area contributed by atoms with Crippen molar-refractivity contribution in [2.75, 3.05) is 13.6 Å². The minimum Gasteiger partial charge on any atom is -0.345 e. The summed E-state index contributed by atoms with van der Waals surface area (Å²) < 4.78 is 0. The standard InChI is InChI=1S/C16H22N2O/c1-13(2)15-8-6-14(7-9-15)10-12-18(3)16(19)5-4-11-17/h6-9,13H,4-5,10,12H2,1-3H3. The molecule has 0 bridgehead atoms. The number of hydrogen-bond donors (Lipinski definition) is 0. The zero-order chi connectivity index (χ0) is 14.3. The molecule has 0 fully saturated rings. The average molecular weight is 258 g/mol. The first kappa shape index (κ1) is 15.2. The maximum Gasteiger partial charge on any atom is 0.223 e. The second kappa shape index (κ2) is 7.58. The molecule has 1 rings (SSSR count). The first-order valence-electron chi connectivity index (χ1n) is 6.74. The van der Waals surface area contributed by atoms with Crippen molar-refractivity contribution >= 4 is 5.91 Å². The average Bonchev–Trinajstić information content (AvgIpc) is 2.42. The fourth-order valence-electron chi connectivity index (χ4n) is 1.84. The van der Waals surface area contributed by atoms with Crippen LogP contribution in [0, 0.1) is 11.3 Å². The summed E-state index contributed by atoms with van der Waals surface area (Å²) in [5, 5.41) is 8.45. The fourth-order valence-corrected chi connectivity index (χ4v) is 1.84. The Hall–Kier alpha value is -1.82. The number of nitrogens with zero attached hydrogens (tertiary/aromatic N) is 2. The quantitative estimate of drug-likeness (QED) is 0.787. The van der Waals surface area contributed by atoms with E-state index in [9.17, 15) is 4.79 Å². The molecule has 3 nitrogen and oxygen atoms in total. The van der Waals surface area contributed by atoms with Crippen molar-refractivity contribution in [2.24, 2.45) is 0 Å². The molecule has 0 saturated heterocycles. The summed E-state index contributed by atoms with van der Waals surface area (Å²) in [5.41, 5.74) is 2.58. The van der Waals surface area contributed by atoms with E-state index in [2.05, 4.69) is 38.1 Å². The summed E-state index contributed by atoms with van der Waals surface area (Å²) in [4.78, 5) is 13.3. The maximum absolute atomic E-state index is 11.6. The van der Waals surface area contributed by atoms with Crippen molar-refractivity contribution in [1.82, 2.24) is 4.90 Å². The fraction of sp³-hybridized carbons (Fsp3) is 0.500. The summed E-state index contributed by atoms with van der Waals surface area (Å²) in [6, 6.07) is 10.6. The Bertz CT molecular complexity index is 443. The van der Waals surface area contributed by atoms with Crippen molar-refractivity contribution in [2.45, 2.75) is 39.0 Å². The molecule has 0 aliphatic carbocycles. The lowest BCUT2D eigenvalue weighted by Crippen LogP contribution is -2.28. The zero-order valence-electron chi connectivity index (χ0n) is 12.0. The number of nitriles is 1. The van der Waals surface area contributed by atoms with Crippen molar-refractivity contribution < 1.29 is 4.79 Å². The second-order valence-electron chi connectivity index (χ2n) is 5.12. The lowest BCUT2D eigenvalue weighted by atomic mass is 10.0. The van der Waals surface area contributed by atoms with Crippen LogP contribution in [-0.4, -0.2) is 24.4 Å². The van der Waals surface area contributed by atoms with Gasteiger partial charge >= 0.3 is 0 Å². The van der Waals surface area contributed by atoms with Crippen LogP contribution in [0.1, 0.15) is 43.7 Å². The number of rotatable bonds is 6. The van der Waals surface area contributed by atoms with E-state index in [1.54, 1.807) is 11.9 Å². The van der Waals surface area contributed by atoms with Crippen molar-refractivity contribution in [3.63, 3.8) is 0 Å². The molecule has 3 heteroatoms. The SMILES string of the molecule is CC(C)c1ccc(CCN(C)C(=O)CCC#N)cc1. The zero-order valence-corrected chi connectivity index (χ0v) is 12.0. The minimum atomic E-state index is 0.0420. The monoisotopic (exact) mass is 258 g/mol. The van der Waals surface area contributed by atoms with Gasteiger partial charge in [0.15, 0.2) is 0 Å². The van der Waals surface area contributed by atoms with Gasteiger partial charge in [0.25, 0.3) is 0 Å². The summed E-state index contributed by atoms with van der Waals surface area (Å²) in [6.07, 6.45) is 1.47. The molecular formula is C16H22N2O. The molecule has 1 aromatic carbocycles. The van der Waals surface area contributed by atoms with Gasteiger partial charge in [-0.05, 0) is 23.5 Å². The largest absolute Gasteiger partial charge is 0.345 e. The van der Waals surface area contributed by atoms with Gasteiger partial charge in [-0.2, -0.15) is 5.26 Å². The Morgan fingerprint density at radius 1 is 1.32 bits per heavy atom. The number of carbonyl (C=O) groups excluding carboxylic acids is 1. The normalized spacial score (nSPS) is 10.3. The van der Waals surface area contributed by atoms with E-state index in [0.29, 0.717) is 25.3 Å². The first-order chi connectivity index (χ1) is 9.04. The predicted octanol–water partition coefficient (Wildman–Crippen LogP) is 3.11. The van der Waals surface area contributed by atoms with E-state index < -0.39 is 0 Å². The molecule has 0 aliphatic rings. The number of carbonyl (C=O) groups is 1.